The summed E-state index contributed by atoms with van der Waals surface area (Å²) in [7, 11) is 0. The minimum atomic E-state index is -1.03. The van der Waals surface area contributed by atoms with Gasteiger partial charge in [0.15, 0.2) is 0 Å². The lowest BCUT2D eigenvalue weighted by molar-refractivity contribution is -0.145. The maximum atomic E-state index is 12.6. The largest absolute Gasteiger partial charge is 0.480 e. The number of nitrogens with zero attached hydrogens (tertiary/aromatic N) is 1. The number of thiocarbonyl (C=S) groups is 1. The van der Waals surface area contributed by atoms with E-state index in [9.17, 15) is 14.7 Å². The molecule has 1 unspecified atom stereocenters. The Morgan fingerprint density at radius 3 is 2.74 bits per heavy atom. The van der Waals surface area contributed by atoms with Gasteiger partial charge < -0.3 is 5.11 Å². The van der Waals surface area contributed by atoms with E-state index in [1.807, 2.05) is 38.1 Å². The number of carbonyl (C=O) groups excluding carboxylic acids is 1. The molecule has 0 aliphatic carbocycles. The second-order valence-electron chi connectivity index (χ2n) is 5.59. The maximum Gasteiger partial charge on any atom is 0.326 e. The first-order valence-corrected chi connectivity index (χ1v) is 9.06. The fourth-order valence-electron chi connectivity index (χ4n) is 2.26. The summed E-state index contributed by atoms with van der Waals surface area (Å²) in [6.07, 6.45) is 2.10. The first-order chi connectivity index (χ1) is 10.8. The van der Waals surface area contributed by atoms with Gasteiger partial charge in [-0.05, 0) is 36.1 Å². The van der Waals surface area contributed by atoms with Crippen molar-refractivity contribution in [3.05, 3.63) is 39.2 Å². The van der Waals surface area contributed by atoms with E-state index in [1.165, 1.54) is 4.90 Å². The third kappa shape index (κ3) is 4.43. The van der Waals surface area contributed by atoms with Gasteiger partial charge in [0.1, 0.15) is 10.4 Å². The summed E-state index contributed by atoms with van der Waals surface area (Å²) in [5.41, 5.74) is 0.857. The molecule has 1 heterocycles. The molecule has 7 heteroatoms. The molecule has 0 spiro atoms. The van der Waals surface area contributed by atoms with E-state index in [1.54, 1.807) is 6.08 Å². The van der Waals surface area contributed by atoms with Crippen LogP contribution in [0.5, 0.6) is 0 Å². The van der Waals surface area contributed by atoms with Crippen LogP contribution in [0.15, 0.2) is 33.6 Å². The van der Waals surface area contributed by atoms with Crippen LogP contribution in [-0.4, -0.2) is 32.2 Å². The molecule has 0 aromatic heterocycles. The van der Waals surface area contributed by atoms with Crippen LogP contribution in [0.2, 0.25) is 0 Å². The summed E-state index contributed by atoms with van der Waals surface area (Å²) in [6.45, 7) is 3.84. The predicted octanol–water partition coefficient (Wildman–Crippen LogP) is 4.15. The number of carboxylic acid groups (broad SMARTS) is 1. The number of thioether (sulfide) groups is 1. The van der Waals surface area contributed by atoms with E-state index in [0.717, 1.165) is 21.8 Å². The molecule has 0 bridgehead atoms. The van der Waals surface area contributed by atoms with E-state index in [2.05, 4.69) is 15.9 Å². The van der Waals surface area contributed by atoms with Crippen LogP contribution in [0.1, 0.15) is 25.8 Å². The lowest BCUT2D eigenvalue weighted by Gasteiger charge is -2.24. The van der Waals surface area contributed by atoms with Crippen molar-refractivity contribution >= 4 is 62.2 Å². The second-order valence-corrected chi connectivity index (χ2v) is 8.18. The van der Waals surface area contributed by atoms with Crippen molar-refractivity contribution in [1.82, 2.24) is 4.90 Å². The monoisotopic (exact) mass is 413 g/mol. The van der Waals surface area contributed by atoms with Gasteiger partial charge in [-0.2, -0.15) is 0 Å². The third-order valence-corrected chi connectivity index (χ3v) is 5.09. The fourth-order valence-corrected chi connectivity index (χ4v) is 4.03. The van der Waals surface area contributed by atoms with Crippen molar-refractivity contribution < 1.29 is 14.7 Å². The van der Waals surface area contributed by atoms with Gasteiger partial charge >= 0.3 is 5.97 Å². The van der Waals surface area contributed by atoms with Crippen LogP contribution in [0, 0.1) is 5.92 Å². The lowest BCUT2D eigenvalue weighted by atomic mass is 10.0. The highest BCUT2D eigenvalue weighted by atomic mass is 79.9. The standard InChI is InChI=1S/C16H16BrNO3S2/c1-9(2)6-12(15(20)21)18-14(19)13(23-16(18)22)8-10-4-3-5-11(17)7-10/h3-5,7-9,12H,6H2,1-2H3,(H,20,21)/b13-8-. The molecule has 1 aromatic rings. The number of carbonyl (C=O) groups is 2. The molecule has 1 atom stereocenters. The van der Waals surface area contributed by atoms with E-state index < -0.39 is 12.0 Å². The van der Waals surface area contributed by atoms with E-state index in [4.69, 9.17) is 12.2 Å². The minimum Gasteiger partial charge on any atom is -0.480 e. The van der Waals surface area contributed by atoms with Crippen LogP contribution in [0.25, 0.3) is 6.08 Å². The predicted molar refractivity (Wildman–Crippen MR) is 100 cm³/mol. The third-order valence-electron chi connectivity index (χ3n) is 3.26. The van der Waals surface area contributed by atoms with Crippen molar-refractivity contribution in [1.29, 1.82) is 0 Å². The van der Waals surface area contributed by atoms with Gasteiger partial charge in [-0.3, -0.25) is 9.69 Å². The Labute approximate surface area is 153 Å². The Kier molecular flexibility index (Phi) is 6.00. The molecule has 1 fully saturated rings. The molecule has 23 heavy (non-hydrogen) atoms. The SMILES string of the molecule is CC(C)CC(C(=O)O)N1C(=O)/C(=C/c2cccc(Br)c2)SC1=S. The van der Waals surface area contributed by atoms with E-state index in [-0.39, 0.29) is 11.8 Å². The van der Waals surface area contributed by atoms with Crippen molar-refractivity contribution in [2.75, 3.05) is 0 Å². The van der Waals surface area contributed by atoms with Crippen LogP contribution in [-0.2, 0) is 9.59 Å². The summed E-state index contributed by atoms with van der Waals surface area (Å²) in [5, 5.41) is 9.44. The van der Waals surface area contributed by atoms with Crippen molar-refractivity contribution in [2.45, 2.75) is 26.3 Å². The summed E-state index contributed by atoms with van der Waals surface area (Å²) < 4.78 is 1.20. The van der Waals surface area contributed by atoms with Gasteiger partial charge in [-0.15, -0.1) is 0 Å². The molecule has 0 saturated carbocycles. The number of amides is 1. The van der Waals surface area contributed by atoms with Gasteiger partial charge in [0.05, 0.1) is 4.91 Å². The Bertz CT molecular complexity index is 688. The molecule has 4 nitrogen and oxygen atoms in total. The van der Waals surface area contributed by atoms with Crippen LogP contribution in [0.3, 0.4) is 0 Å². The van der Waals surface area contributed by atoms with Crippen molar-refractivity contribution in [3.63, 3.8) is 0 Å². The highest BCUT2D eigenvalue weighted by molar-refractivity contribution is 9.10. The molecule has 1 aliphatic heterocycles. The zero-order valence-electron chi connectivity index (χ0n) is 12.7. The first-order valence-electron chi connectivity index (χ1n) is 7.05. The highest BCUT2D eigenvalue weighted by Gasteiger charge is 2.40. The average molecular weight is 414 g/mol. The molecular weight excluding hydrogens is 398 g/mol. The zero-order valence-corrected chi connectivity index (χ0v) is 15.9. The van der Waals surface area contributed by atoms with Crippen LogP contribution >= 0.6 is 39.9 Å². The van der Waals surface area contributed by atoms with Crippen LogP contribution in [0.4, 0.5) is 0 Å². The molecule has 2 rings (SSSR count). The number of benzene rings is 1. The lowest BCUT2D eigenvalue weighted by Crippen LogP contribution is -2.44. The number of hydrogen-bond donors (Lipinski definition) is 1. The number of hydrogen-bond acceptors (Lipinski definition) is 4. The Balaban J connectivity index is 2.30. The zero-order chi connectivity index (χ0) is 17.1. The smallest absolute Gasteiger partial charge is 0.326 e. The number of rotatable bonds is 5. The highest BCUT2D eigenvalue weighted by Crippen LogP contribution is 2.35. The van der Waals surface area contributed by atoms with Gasteiger partial charge in [-0.25, -0.2) is 4.79 Å². The fraction of sp³-hybridized carbons (Fsp3) is 0.312. The van der Waals surface area contributed by atoms with E-state index in [0.29, 0.717) is 15.6 Å². The first kappa shape index (κ1) is 18.2. The molecule has 1 aromatic carbocycles. The Morgan fingerprint density at radius 2 is 2.17 bits per heavy atom. The van der Waals surface area contributed by atoms with Crippen molar-refractivity contribution in [2.24, 2.45) is 5.92 Å². The topological polar surface area (TPSA) is 57.6 Å². The number of carboxylic acids is 1. The molecule has 1 saturated heterocycles. The molecular formula is C16H16BrNO3S2. The van der Waals surface area contributed by atoms with Crippen LogP contribution < -0.4 is 0 Å². The van der Waals surface area contributed by atoms with Crippen molar-refractivity contribution in [3.8, 4) is 0 Å². The Morgan fingerprint density at radius 1 is 1.48 bits per heavy atom. The van der Waals surface area contributed by atoms with Gasteiger partial charge in [-0.1, -0.05) is 65.9 Å². The molecule has 0 radical (unpaired) electrons. The van der Waals surface area contributed by atoms with Gasteiger partial charge in [0.25, 0.3) is 5.91 Å². The molecule has 1 aliphatic rings. The molecule has 122 valence electrons. The van der Waals surface area contributed by atoms with Gasteiger partial charge in [0.2, 0.25) is 0 Å². The minimum absolute atomic E-state index is 0.148. The summed E-state index contributed by atoms with van der Waals surface area (Å²) in [4.78, 5) is 25.8. The normalized spacial score (nSPS) is 18.1. The quantitative estimate of drug-likeness (QED) is 0.580. The summed E-state index contributed by atoms with van der Waals surface area (Å²) >= 11 is 9.77. The Hall–Kier alpha value is -1.18. The second kappa shape index (κ2) is 7.59. The summed E-state index contributed by atoms with van der Waals surface area (Å²) in [5.74, 6) is -1.22. The average Bonchev–Trinajstić information content (AvgIpc) is 2.71. The maximum absolute atomic E-state index is 12.6. The molecule has 1 amide bonds. The van der Waals surface area contributed by atoms with Gasteiger partial charge in [0, 0.05) is 4.47 Å². The molecule has 1 N–H and O–H groups in total. The number of aliphatic carboxylic acids is 1. The van der Waals surface area contributed by atoms with E-state index >= 15 is 0 Å². The summed E-state index contributed by atoms with van der Waals surface area (Å²) in [6, 6.07) is 6.60. The number of halogens is 1.